The quantitative estimate of drug-likeness (QED) is 0.364. The van der Waals surface area contributed by atoms with Gasteiger partial charge in [-0.2, -0.15) is 0 Å². The average Bonchev–Trinajstić information content (AvgIpc) is 2.25. The summed E-state index contributed by atoms with van der Waals surface area (Å²) >= 11 is 2.29. The highest BCUT2D eigenvalue weighted by atomic mass is 127. The van der Waals surface area contributed by atoms with Gasteiger partial charge in [0.15, 0.2) is 0 Å². The first kappa shape index (κ1) is 7.65. The molecule has 1 rings (SSSR count). The topological polar surface area (TPSA) is 23.2 Å². The van der Waals surface area contributed by atoms with E-state index in [9.17, 15) is 0 Å². The van der Waals surface area contributed by atoms with Crippen LogP contribution in [0.25, 0.3) is 0 Å². The van der Waals surface area contributed by atoms with Gasteiger partial charge in [-0.15, -0.1) is 0 Å². The Labute approximate surface area is 58.0 Å². The van der Waals surface area contributed by atoms with Crippen LogP contribution < -0.4 is 0 Å². The first-order valence-electron chi connectivity index (χ1n) is 2.32. The third-order valence-corrected chi connectivity index (χ3v) is 1.36. The largest absolute Gasteiger partial charge is 0.397 e. The van der Waals surface area contributed by atoms with E-state index >= 15 is 0 Å². The number of hydrogen-bond acceptors (Lipinski definition) is 2. The molecule has 0 aromatic rings. The average molecular weight is 215 g/mol. The lowest BCUT2D eigenvalue weighted by Crippen LogP contribution is -1.57. The molecule has 3 heteroatoms. The molecule has 0 unspecified atom stereocenters. The molecule has 0 bridgehead atoms. The van der Waals surface area contributed by atoms with Crippen molar-refractivity contribution in [2.45, 2.75) is 6.92 Å². The van der Waals surface area contributed by atoms with E-state index in [1.54, 1.807) is 6.92 Å². The van der Waals surface area contributed by atoms with Gasteiger partial charge >= 0.3 is 0 Å². The Morgan fingerprint density at radius 2 is 1.86 bits per heavy atom. The smallest absolute Gasteiger partial charge is 0.0402 e. The summed E-state index contributed by atoms with van der Waals surface area (Å²) in [5.41, 5.74) is 0. The number of aliphatic hydroxyl groups excluding tert-OH is 1. The van der Waals surface area contributed by atoms with Crippen LogP contribution in [-0.4, -0.2) is 27.9 Å². The van der Waals surface area contributed by atoms with Gasteiger partial charge in [0.1, 0.15) is 0 Å². The number of rotatable bonds is 0. The molecule has 1 N–H and O–H groups in total. The molecule has 0 atom stereocenters. The third kappa shape index (κ3) is 10.8. The molecule has 0 aromatic heterocycles. The van der Waals surface area contributed by atoms with Crippen molar-refractivity contribution in [3.63, 3.8) is 0 Å². The van der Waals surface area contributed by atoms with E-state index in [1.165, 1.54) is 13.1 Å². The van der Waals surface area contributed by atoms with Gasteiger partial charge in [-0.05, 0) is 6.92 Å². The lowest BCUT2D eigenvalue weighted by atomic mass is 10.9. The second-order valence-corrected chi connectivity index (χ2v) is 2.59. The molecule has 1 fully saturated rings. The minimum Gasteiger partial charge on any atom is -0.397 e. The summed E-state index contributed by atoms with van der Waals surface area (Å²) in [5.74, 6) is 0. The van der Waals surface area contributed by atoms with Crippen molar-refractivity contribution >= 4 is 22.9 Å². The summed E-state index contributed by atoms with van der Waals surface area (Å²) in [6.07, 6.45) is 0. The van der Waals surface area contributed by atoms with Gasteiger partial charge in [0, 0.05) is 42.6 Å². The highest BCUT2D eigenvalue weighted by molar-refractivity contribution is 14.1. The lowest BCUT2D eigenvalue weighted by molar-refractivity contribution is 0.318. The maximum Gasteiger partial charge on any atom is 0.0402 e. The zero-order valence-corrected chi connectivity index (χ0v) is 6.55. The summed E-state index contributed by atoms with van der Waals surface area (Å²) in [4.78, 5) is 0. The zero-order chi connectivity index (χ0) is 5.70. The summed E-state index contributed by atoms with van der Waals surface area (Å²) < 4.78 is 2.22. The maximum absolute atomic E-state index is 7.57. The first-order valence-corrected chi connectivity index (χ1v) is 3.29. The van der Waals surface area contributed by atoms with E-state index in [2.05, 4.69) is 26.0 Å². The van der Waals surface area contributed by atoms with E-state index < -0.39 is 0 Å². The lowest BCUT2D eigenvalue weighted by Gasteiger charge is -1.61. The van der Waals surface area contributed by atoms with Crippen LogP contribution in [0.5, 0.6) is 0 Å². The molecule has 2 nitrogen and oxygen atoms in total. The van der Waals surface area contributed by atoms with Crippen molar-refractivity contribution in [1.29, 1.82) is 0 Å². The summed E-state index contributed by atoms with van der Waals surface area (Å²) in [5, 5.41) is 7.57. The molecule has 0 spiro atoms. The van der Waals surface area contributed by atoms with Crippen LogP contribution in [0.15, 0.2) is 0 Å². The second-order valence-electron chi connectivity index (χ2n) is 1.23. The molecule has 7 heavy (non-hydrogen) atoms. The van der Waals surface area contributed by atoms with Crippen LogP contribution in [0.4, 0.5) is 0 Å². The normalized spacial score (nSPS) is 17.6. The van der Waals surface area contributed by atoms with Crippen LogP contribution in [0.3, 0.4) is 0 Å². The Bertz CT molecular complexity index is 38.7. The highest BCUT2D eigenvalue weighted by Gasteiger charge is 2.10. The number of halogens is 1. The summed E-state index contributed by atoms with van der Waals surface area (Å²) in [6.45, 7) is 4.54. The Morgan fingerprint density at radius 1 is 1.71 bits per heavy atom. The SMILES string of the molecule is CCO.IN1CC1. The van der Waals surface area contributed by atoms with Crippen molar-refractivity contribution in [2.75, 3.05) is 19.7 Å². The van der Waals surface area contributed by atoms with Crippen molar-refractivity contribution in [1.82, 2.24) is 3.11 Å². The molecule has 0 amide bonds. The van der Waals surface area contributed by atoms with Gasteiger partial charge in [-0.3, -0.25) is 0 Å². The molecule has 1 heterocycles. The fourth-order valence-corrected chi connectivity index (χ4v) is 0.254. The second kappa shape index (κ2) is 4.80. The Morgan fingerprint density at radius 3 is 1.86 bits per heavy atom. The summed E-state index contributed by atoms with van der Waals surface area (Å²) in [6, 6.07) is 0. The van der Waals surface area contributed by atoms with Gasteiger partial charge in [-0.25, -0.2) is 3.11 Å². The Kier molecular flexibility index (Phi) is 5.25. The fraction of sp³-hybridized carbons (Fsp3) is 1.00. The van der Waals surface area contributed by atoms with Gasteiger partial charge < -0.3 is 5.11 Å². The molecule has 0 radical (unpaired) electrons. The number of aliphatic hydroxyl groups is 1. The summed E-state index contributed by atoms with van der Waals surface area (Å²) in [7, 11) is 0. The minimum absolute atomic E-state index is 0.250. The molecule has 1 saturated heterocycles. The molecule has 1 aliphatic heterocycles. The molecule has 1 aliphatic rings. The number of nitrogens with zero attached hydrogens (tertiary/aromatic N) is 1. The van der Waals surface area contributed by atoms with Crippen LogP contribution >= 0.6 is 22.9 Å². The van der Waals surface area contributed by atoms with Crippen LogP contribution in [-0.2, 0) is 0 Å². The zero-order valence-electron chi connectivity index (χ0n) is 4.39. The minimum atomic E-state index is 0.250. The van der Waals surface area contributed by atoms with Gasteiger partial charge in [0.2, 0.25) is 0 Å². The van der Waals surface area contributed by atoms with Crippen molar-refractivity contribution in [2.24, 2.45) is 0 Å². The standard InChI is InChI=1S/C2H4IN.C2H6O/c3-4-1-2-4;1-2-3/h1-2H2;3H,2H2,1H3. The van der Waals surface area contributed by atoms with Crippen LogP contribution in [0.2, 0.25) is 0 Å². The van der Waals surface area contributed by atoms with E-state index in [0.717, 1.165) is 0 Å². The van der Waals surface area contributed by atoms with E-state index in [-0.39, 0.29) is 6.61 Å². The maximum atomic E-state index is 7.57. The highest BCUT2D eigenvalue weighted by Crippen LogP contribution is 2.08. The van der Waals surface area contributed by atoms with Gasteiger partial charge in [0.25, 0.3) is 0 Å². The van der Waals surface area contributed by atoms with Gasteiger partial charge in [0.05, 0.1) is 0 Å². The monoisotopic (exact) mass is 215 g/mol. The Hall–Kier alpha value is 0.650. The molecule has 0 aromatic carbocycles. The van der Waals surface area contributed by atoms with Crippen molar-refractivity contribution in [3.05, 3.63) is 0 Å². The van der Waals surface area contributed by atoms with Crippen LogP contribution in [0.1, 0.15) is 6.92 Å². The van der Waals surface area contributed by atoms with Crippen molar-refractivity contribution < 1.29 is 5.11 Å². The predicted octanol–water partition coefficient (Wildman–Crippen LogP) is 0.651. The van der Waals surface area contributed by atoms with Gasteiger partial charge in [-0.1, -0.05) is 0 Å². The first-order chi connectivity index (χ1) is 3.31. The number of hydrogen-bond donors (Lipinski definition) is 1. The van der Waals surface area contributed by atoms with E-state index in [4.69, 9.17) is 5.11 Å². The Balaban J connectivity index is 0.000000110. The van der Waals surface area contributed by atoms with E-state index in [0.29, 0.717) is 0 Å². The molecule has 44 valence electrons. The van der Waals surface area contributed by atoms with E-state index in [1.807, 2.05) is 0 Å². The van der Waals surface area contributed by atoms with Crippen molar-refractivity contribution in [3.8, 4) is 0 Å². The van der Waals surface area contributed by atoms with Crippen LogP contribution in [0, 0.1) is 0 Å². The molecular weight excluding hydrogens is 205 g/mol. The molecular formula is C4H10INO. The molecule has 0 aliphatic carbocycles. The molecule has 0 saturated carbocycles. The fourth-order valence-electron chi connectivity index (χ4n) is 0.0378. The third-order valence-electron chi connectivity index (χ3n) is 0.393. The predicted molar refractivity (Wildman–Crippen MR) is 38.4 cm³/mol.